The van der Waals surface area contributed by atoms with Crippen molar-refractivity contribution in [1.82, 2.24) is 5.32 Å². The van der Waals surface area contributed by atoms with E-state index >= 15 is 0 Å². The summed E-state index contributed by atoms with van der Waals surface area (Å²) in [6.07, 6.45) is 6.45. The Morgan fingerprint density at radius 3 is 2.50 bits per heavy atom. The highest BCUT2D eigenvalue weighted by molar-refractivity contribution is 5.84. The lowest BCUT2D eigenvalue weighted by Crippen LogP contribution is -2.16. The summed E-state index contributed by atoms with van der Waals surface area (Å²) in [4.78, 5) is 0. The number of rotatable bonds is 1. The van der Waals surface area contributed by atoms with Crippen LogP contribution in [-0.2, 0) is 0 Å². The molecule has 0 saturated carbocycles. The van der Waals surface area contributed by atoms with E-state index in [4.69, 9.17) is 0 Å². The molecule has 0 fully saturated rings. The summed E-state index contributed by atoms with van der Waals surface area (Å²) in [7, 11) is 0. The van der Waals surface area contributed by atoms with Gasteiger partial charge in [0.2, 0.25) is 0 Å². The van der Waals surface area contributed by atoms with Crippen LogP contribution in [0.3, 0.4) is 0 Å². The Bertz CT molecular complexity index is 650. The zero-order valence-electron chi connectivity index (χ0n) is 10.8. The van der Waals surface area contributed by atoms with Crippen LogP contribution < -0.4 is 5.32 Å². The predicted octanol–water partition coefficient (Wildman–Crippen LogP) is 4.25. The number of fused-ring (bicyclic) bond motifs is 1. The first-order valence-electron chi connectivity index (χ1n) is 6.34. The van der Waals surface area contributed by atoms with Crippen LogP contribution in [0.25, 0.3) is 10.8 Å². The molecule has 0 radical (unpaired) electrons. The molecule has 3 rings (SSSR count). The number of hydrogen-bond donors (Lipinski definition) is 1. The van der Waals surface area contributed by atoms with Gasteiger partial charge in [-0.25, -0.2) is 0 Å². The minimum Gasteiger partial charge on any atom is -0.380 e. The normalized spacial score (nSPS) is 18.6. The van der Waals surface area contributed by atoms with Gasteiger partial charge in [-0.3, -0.25) is 0 Å². The monoisotopic (exact) mass is 235 g/mol. The summed E-state index contributed by atoms with van der Waals surface area (Å²) < 4.78 is 0. The lowest BCUT2D eigenvalue weighted by atomic mass is 9.99. The maximum Gasteiger partial charge on any atom is 0.0696 e. The van der Waals surface area contributed by atoms with E-state index in [1.807, 2.05) is 0 Å². The van der Waals surface area contributed by atoms with Crippen LogP contribution in [0.1, 0.15) is 24.1 Å². The molecule has 1 unspecified atom stereocenters. The molecule has 90 valence electrons. The first-order chi connectivity index (χ1) is 8.72. The minimum absolute atomic E-state index is 0.291. The molecule has 18 heavy (non-hydrogen) atoms. The second-order valence-corrected chi connectivity index (χ2v) is 5.00. The fourth-order valence-electron chi connectivity index (χ4n) is 2.36. The molecule has 2 aromatic rings. The molecule has 0 bridgehead atoms. The van der Waals surface area contributed by atoms with Crippen molar-refractivity contribution in [3.8, 4) is 0 Å². The van der Waals surface area contributed by atoms with E-state index < -0.39 is 0 Å². The van der Waals surface area contributed by atoms with Crippen molar-refractivity contribution in [2.24, 2.45) is 0 Å². The van der Waals surface area contributed by atoms with Crippen molar-refractivity contribution in [1.29, 1.82) is 0 Å². The van der Waals surface area contributed by atoms with Crippen LogP contribution in [0.2, 0.25) is 0 Å². The van der Waals surface area contributed by atoms with Crippen LogP contribution in [0.4, 0.5) is 0 Å². The van der Waals surface area contributed by atoms with E-state index in [1.165, 1.54) is 27.5 Å². The number of benzene rings is 2. The average Bonchev–Trinajstić information content (AvgIpc) is 2.39. The maximum atomic E-state index is 3.41. The largest absolute Gasteiger partial charge is 0.380 e. The minimum atomic E-state index is 0.291. The van der Waals surface area contributed by atoms with E-state index in [2.05, 4.69) is 73.9 Å². The lowest BCUT2D eigenvalue weighted by molar-refractivity contribution is 0.740. The van der Waals surface area contributed by atoms with Gasteiger partial charge in [0.1, 0.15) is 0 Å². The van der Waals surface area contributed by atoms with Crippen LogP contribution >= 0.6 is 0 Å². The SMILES string of the molecule is CC1=CNC(c2ccc3cc(C)ccc3c2)C=C1. The van der Waals surface area contributed by atoms with E-state index in [0.717, 1.165) is 0 Å². The number of allylic oxidation sites excluding steroid dienone is 2. The molecule has 0 amide bonds. The van der Waals surface area contributed by atoms with E-state index in [0.29, 0.717) is 6.04 Å². The van der Waals surface area contributed by atoms with Crippen LogP contribution in [0.5, 0.6) is 0 Å². The summed E-state index contributed by atoms with van der Waals surface area (Å²) in [5, 5.41) is 6.03. The summed E-state index contributed by atoms with van der Waals surface area (Å²) in [6.45, 7) is 4.23. The second kappa shape index (κ2) is 4.34. The topological polar surface area (TPSA) is 12.0 Å². The molecule has 1 aliphatic heterocycles. The number of nitrogens with one attached hydrogen (secondary N) is 1. The van der Waals surface area contributed by atoms with Gasteiger partial charge in [0, 0.05) is 6.20 Å². The van der Waals surface area contributed by atoms with Crippen molar-refractivity contribution in [2.45, 2.75) is 19.9 Å². The maximum absolute atomic E-state index is 3.41. The van der Waals surface area contributed by atoms with Crippen molar-refractivity contribution in [3.05, 3.63) is 71.5 Å². The molecule has 0 spiro atoms. The van der Waals surface area contributed by atoms with Gasteiger partial charge in [-0.2, -0.15) is 0 Å². The van der Waals surface area contributed by atoms with Crippen LogP contribution in [0.15, 0.2) is 60.3 Å². The number of aryl methyl sites for hydroxylation is 1. The lowest BCUT2D eigenvalue weighted by Gasteiger charge is -2.18. The van der Waals surface area contributed by atoms with Gasteiger partial charge in [-0.1, -0.05) is 48.0 Å². The predicted molar refractivity (Wildman–Crippen MR) is 77.5 cm³/mol. The number of hydrogen-bond acceptors (Lipinski definition) is 1. The summed E-state index contributed by atoms with van der Waals surface area (Å²) >= 11 is 0. The van der Waals surface area contributed by atoms with Crippen molar-refractivity contribution < 1.29 is 0 Å². The van der Waals surface area contributed by atoms with E-state index in [-0.39, 0.29) is 0 Å². The third-order valence-electron chi connectivity index (χ3n) is 3.42. The zero-order chi connectivity index (χ0) is 12.5. The van der Waals surface area contributed by atoms with Crippen molar-refractivity contribution in [3.63, 3.8) is 0 Å². The molecule has 0 aromatic heterocycles. The molecular weight excluding hydrogens is 218 g/mol. The molecule has 2 aromatic carbocycles. The van der Waals surface area contributed by atoms with E-state index in [1.54, 1.807) is 0 Å². The Labute approximate surface area is 108 Å². The van der Waals surface area contributed by atoms with Gasteiger partial charge in [0.05, 0.1) is 6.04 Å². The Morgan fingerprint density at radius 1 is 0.944 bits per heavy atom. The van der Waals surface area contributed by atoms with Gasteiger partial charge < -0.3 is 5.32 Å². The Morgan fingerprint density at radius 2 is 1.72 bits per heavy atom. The first-order valence-corrected chi connectivity index (χ1v) is 6.34. The quantitative estimate of drug-likeness (QED) is 0.779. The van der Waals surface area contributed by atoms with Gasteiger partial charge in [0.25, 0.3) is 0 Å². The molecule has 1 heterocycles. The average molecular weight is 235 g/mol. The molecule has 0 aliphatic carbocycles. The van der Waals surface area contributed by atoms with Crippen molar-refractivity contribution in [2.75, 3.05) is 0 Å². The Kier molecular flexibility index (Phi) is 2.67. The molecule has 1 N–H and O–H groups in total. The molecule has 1 nitrogen and oxygen atoms in total. The van der Waals surface area contributed by atoms with Crippen LogP contribution in [0, 0.1) is 6.92 Å². The summed E-state index contributed by atoms with van der Waals surface area (Å²) in [5.74, 6) is 0. The van der Waals surface area contributed by atoms with Gasteiger partial charge >= 0.3 is 0 Å². The summed E-state index contributed by atoms with van der Waals surface area (Å²) in [6, 6.07) is 13.6. The smallest absolute Gasteiger partial charge is 0.0696 e. The summed E-state index contributed by atoms with van der Waals surface area (Å²) in [5.41, 5.74) is 3.89. The molecule has 0 saturated heterocycles. The molecule has 1 atom stereocenters. The number of dihydropyridines is 1. The second-order valence-electron chi connectivity index (χ2n) is 5.00. The third-order valence-corrected chi connectivity index (χ3v) is 3.42. The Hall–Kier alpha value is -2.02. The molecular formula is C17H17N. The standard InChI is InChI=1S/C17H17N/c1-12-3-5-15-10-16(7-6-14(15)9-12)17-8-4-13(2)11-18-17/h3-11,17-18H,1-2H3. The molecule has 1 aliphatic rings. The highest BCUT2D eigenvalue weighted by atomic mass is 14.9. The van der Waals surface area contributed by atoms with Crippen LogP contribution in [-0.4, -0.2) is 0 Å². The highest BCUT2D eigenvalue weighted by Crippen LogP contribution is 2.24. The van der Waals surface area contributed by atoms with E-state index in [9.17, 15) is 0 Å². The zero-order valence-corrected chi connectivity index (χ0v) is 10.8. The molecule has 1 heteroatoms. The highest BCUT2D eigenvalue weighted by Gasteiger charge is 2.09. The first kappa shape index (κ1) is 11.1. The van der Waals surface area contributed by atoms with Crippen molar-refractivity contribution >= 4 is 10.8 Å². The van der Waals surface area contributed by atoms with Gasteiger partial charge in [-0.05, 0) is 41.8 Å². The van der Waals surface area contributed by atoms with Gasteiger partial charge in [0.15, 0.2) is 0 Å². The fourth-order valence-corrected chi connectivity index (χ4v) is 2.36. The van der Waals surface area contributed by atoms with Gasteiger partial charge in [-0.15, -0.1) is 0 Å². The third kappa shape index (κ3) is 2.04. The Balaban J connectivity index is 1.99. The fraction of sp³-hybridized carbons (Fsp3) is 0.176.